The number of rotatable bonds is 7. The molecule has 0 aliphatic heterocycles. The summed E-state index contributed by atoms with van der Waals surface area (Å²) in [5.74, 6) is 0.518. The van der Waals surface area contributed by atoms with Gasteiger partial charge in [0.2, 0.25) is 10.0 Å². The molecule has 7 nitrogen and oxygen atoms in total. The van der Waals surface area contributed by atoms with E-state index in [1.807, 2.05) is 0 Å². The largest absolute Gasteiger partial charge is 0.497 e. The van der Waals surface area contributed by atoms with E-state index in [4.69, 9.17) is 21.1 Å². The van der Waals surface area contributed by atoms with Gasteiger partial charge in [0.1, 0.15) is 11.5 Å². The number of nitrogens with one attached hydrogen (secondary N) is 1. The van der Waals surface area contributed by atoms with Gasteiger partial charge < -0.3 is 14.8 Å². The molecule has 1 N–H and O–H groups in total. The number of methoxy groups -OCH3 is 1. The monoisotopic (exact) mass is 398 g/mol. The molecule has 140 valence electrons. The zero-order chi connectivity index (χ0) is 19.3. The van der Waals surface area contributed by atoms with Crippen LogP contribution in [0.5, 0.6) is 11.5 Å². The van der Waals surface area contributed by atoms with Crippen LogP contribution in [0.1, 0.15) is 0 Å². The van der Waals surface area contributed by atoms with Crippen LogP contribution in [-0.4, -0.2) is 46.4 Å². The summed E-state index contributed by atoms with van der Waals surface area (Å²) in [5, 5.41) is 2.77. The number of hydrogen-bond acceptors (Lipinski definition) is 5. The molecule has 0 heterocycles. The van der Waals surface area contributed by atoms with E-state index in [0.29, 0.717) is 11.4 Å². The molecule has 0 bridgehead atoms. The summed E-state index contributed by atoms with van der Waals surface area (Å²) in [6.07, 6.45) is 0. The summed E-state index contributed by atoms with van der Waals surface area (Å²) in [4.78, 5) is 12.0. The Kier molecular flexibility index (Phi) is 6.47. The fourth-order valence-corrected chi connectivity index (χ4v) is 3.21. The Balaban J connectivity index is 1.99. The molecular formula is C17H19ClN2O5S. The van der Waals surface area contributed by atoms with Gasteiger partial charge in [0.25, 0.3) is 5.91 Å². The first-order valence-corrected chi connectivity index (χ1v) is 9.34. The summed E-state index contributed by atoms with van der Waals surface area (Å²) >= 11 is 6.06. The molecule has 0 fully saturated rings. The number of amides is 1. The van der Waals surface area contributed by atoms with E-state index in [1.54, 1.807) is 31.4 Å². The number of anilines is 1. The van der Waals surface area contributed by atoms with Crippen molar-refractivity contribution in [1.82, 2.24) is 4.31 Å². The van der Waals surface area contributed by atoms with Gasteiger partial charge in [-0.15, -0.1) is 0 Å². The molecule has 2 aromatic carbocycles. The van der Waals surface area contributed by atoms with Crippen LogP contribution in [0.2, 0.25) is 5.02 Å². The molecule has 0 aliphatic rings. The number of carbonyl (C=O) groups is 1. The van der Waals surface area contributed by atoms with Gasteiger partial charge in [0.15, 0.2) is 6.61 Å². The Morgan fingerprint density at radius 1 is 1.15 bits per heavy atom. The van der Waals surface area contributed by atoms with Gasteiger partial charge in [0.05, 0.1) is 17.0 Å². The fraction of sp³-hybridized carbons (Fsp3) is 0.235. The fourth-order valence-electron chi connectivity index (χ4n) is 1.98. The highest BCUT2D eigenvalue weighted by atomic mass is 35.5. The third kappa shape index (κ3) is 4.87. The Labute approximate surface area is 157 Å². The van der Waals surface area contributed by atoms with Crippen molar-refractivity contribution < 1.29 is 22.7 Å². The van der Waals surface area contributed by atoms with Gasteiger partial charge in [-0.05, 0) is 42.5 Å². The smallest absolute Gasteiger partial charge is 0.262 e. The summed E-state index contributed by atoms with van der Waals surface area (Å²) < 4.78 is 35.6. The van der Waals surface area contributed by atoms with Crippen LogP contribution >= 0.6 is 11.6 Å². The molecule has 0 spiro atoms. The minimum Gasteiger partial charge on any atom is -0.497 e. The molecule has 0 aliphatic carbocycles. The number of ether oxygens (including phenoxy) is 2. The normalized spacial score (nSPS) is 11.3. The van der Waals surface area contributed by atoms with Crippen LogP contribution < -0.4 is 14.8 Å². The second kappa shape index (κ2) is 8.39. The first kappa shape index (κ1) is 20.0. The van der Waals surface area contributed by atoms with Crippen molar-refractivity contribution in [3.05, 3.63) is 47.5 Å². The average Bonchev–Trinajstić information content (AvgIpc) is 2.61. The summed E-state index contributed by atoms with van der Waals surface area (Å²) in [6, 6.07) is 10.9. The topological polar surface area (TPSA) is 84.9 Å². The van der Waals surface area contributed by atoms with Crippen molar-refractivity contribution >= 4 is 33.2 Å². The third-order valence-electron chi connectivity index (χ3n) is 3.41. The molecule has 0 unspecified atom stereocenters. The van der Waals surface area contributed by atoms with Gasteiger partial charge in [-0.25, -0.2) is 12.7 Å². The Morgan fingerprint density at radius 3 is 2.35 bits per heavy atom. The minimum absolute atomic E-state index is 0.0440. The number of halogens is 1. The lowest BCUT2D eigenvalue weighted by Gasteiger charge is -2.13. The van der Waals surface area contributed by atoms with Crippen LogP contribution in [0.15, 0.2) is 47.4 Å². The maximum Gasteiger partial charge on any atom is 0.262 e. The quantitative estimate of drug-likeness (QED) is 0.774. The number of benzene rings is 2. The van der Waals surface area contributed by atoms with Gasteiger partial charge in [0, 0.05) is 19.8 Å². The van der Waals surface area contributed by atoms with E-state index in [2.05, 4.69) is 5.32 Å². The molecule has 0 saturated carbocycles. The maximum absolute atomic E-state index is 12.1. The predicted octanol–water partition coefficient (Wildman–Crippen LogP) is 2.62. The number of sulfonamides is 1. The zero-order valence-corrected chi connectivity index (χ0v) is 16.1. The van der Waals surface area contributed by atoms with Crippen molar-refractivity contribution in [2.45, 2.75) is 4.90 Å². The highest BCUT2D eigenvalue weighted by molar-refractivity contribution is 7.89. The summed E-state index contributed by atoms with van der Waals surface area (Å²) in [6.45, 7) is -0.272. The molecule has 26 heavy (non-hydrogen) atoms. The summed E-state index contributed by atoms with van der Waals surface area (Å²) in [5.41, 5.74) is 0.595. The molecule has 0 aromatic heterocycles. The zero-order valence-electron chi connectivity index (χ0n) is 14.5. The average molecular weight is 399 g/mol. The summed E-state index contributed by atoms with van der Waals surface area (Å²) in [7, 11) is 0.821. The van der Waals surface area contributed by atoms with Crippen LogP contribution in [-0.2, 0) is 14.8 Å². The lowest BCUT2D eigenvalue weighted by Crippen LogP contribution is -2.22. The van der Waals surface area contributed by atoms with Crippen LogP contribution in [0, 0.1) is 0 Å². The lowest BCUT2D eigenvalue weighted by atomic mass is 10.3. The van der Waals surface area contributed by atoms with E-state index < -0.39 is 10.0 Å². The van der Waals surface area contributed by atoms with Gasteiger partial charge >= 0.3 is 0 Å². The van der Waals surface area contributed by atoms with E-state index in [-0.39, 0.29) is 28.2 Å². The standard InChI is InChI=1S/C17H19ClN2O5S/c1-20(2)26(22,23)14-8-9-16(15(18)10-14)25-11-17(21)19-12-4-6-13(24-3)7-5-12/h4-10H,11H2,1-3H3,(H,19,21). The first-order chi connectivity index (χ1) is 12.2. The Hall–Kier alpha value is -2.29. The van der Waals surface area contributed by atoms with Crippen LogP contribution in [0.3, 0.4) is 0 Å². The SMILES string of the molecule is COc1ccc(NC(=O)COc2ccc(S(=O)(=O)N(C)C)cc2Cl)cc1. The van der Waals surface area contributed by atoms with E-state index in [9.17, 15) is 13.2 Å². The first-order valence-electron chi connectivity index (χ1n) is 7.53. The highest BCUT2D eigenvalue weighted by Crippen LogP contribution is 2.28. The molecule has 2 rings (SSSR count). The van der Waals surface area contributed by atoms with Crippen molar-refractivity contribution in [3.63, 3.8) is 0 Å². The predicted molar refractivity (Wildman–Crippen MR) is 99.4 cm³/mol. The molecule has 1 amide bonds. The van der Waals surface area contributed by atoms with E-state index in [1.165, 1.54) is 32.3 Å². The number of nitrogens with zero attached hydrogens (tertiary/aromatic N) is 1. The van der Waals surface area contributed by atoms with Crippen LogP contribution in [0.4, 0.5) is 5.69 Å². The molecular weight excluding hydrogens is 380 g/mol. The number of hydrogen-bond donors (Lipinski definition) is 1. The highest BCUT2D eigenvalue weighted by Gasteiger charge is 2.19. The van der Waals surface area contributed by atoms with Gasteiger partial charge in [-0.1, -0.05) is 11.6 Å². The van der Waals surface area contributed by atoms with Crippen molar-refractivity contribution in [1.29, 1.82) is 0 Å². The molecule has 0 saturated heterocycles. The van der Waals surface area contributed by atoms with Gasteiger partial charge in [-0.3, -0.25) is 4.79 Å². The molecule has 9 heteroatoms. The van der Waals surface area contributed by atoms with Crippen molar-refractivity contribution in [2.75, 3.05) is 33.1 Å². The second-order valence-corrected chi connectivity index (χ2v) is 8.00. The van der Waals surface area contributed by atoms with Crippen molar-refractivity contribution in [3.8, 4) is 11.5 Å². The molecule has 0 atom stereocenters. The third-order valence-corrected chi connectivity index (χ3v) is 5.52. The Bertz CT molecular complexity index is 883. The van der Waals surface area contributed by atoms with E-state index >= 15 is 0 Å². The lowest BCUT2D eigenvalue weighted by molar-refractivity contribution is -0.118. The second-order valence-electron chi connectivity index (χ2n) is 5.45. The maximum atomic E-state index is 12.1. The van der Waals surface area contributed by atoms with Gasteiger partial charge in [-0.2, -0.15) is 0 Å². The molecule has 0 radical (unpaired) electrons. The Morgan fingerprint density at radius 2 is 1.81 bits per heavy atom. The van der Waals surface area contributed by atoms with Crippen molar-refractivity contribution in [2.24, 2.45) is 0 Å². The number of carbonyl (C=O) groups excluding carboxylic acids is 1. The minimum atomic E-state index is -3.59. The van der Waals surface area contributed by atoms with E-state index in [0.717, 1.165) is 4.31 Å². The van der Waals surface area contributed by atoms with Crippen LogP contribution in [0.25, 0.3) is 0 Å². The molecule has 2 aromatic rings.